The average molecular weight is 1800 g/mol. The molecule has 0 bridgehead atoms. The molecule has 0 spiro atoms. The number of thiol groups is 1. The molecular weight excluding hydrogens is 1680 g/mol. The summed E-state index contributed by atoms with van der Waals surface area (Å²) in [4.78, 5) is 260. The fourth-order valence-corrected chi connectivity index (χ4v) is 14.5. The SMILES string of the molecule is CSCC[C@H](NC(=O)[C@@H](NC(=O)[C@H](Cc1cnc[nH]1)NC(=O)[C@H](CS)NC(=O)[C@H](Cc1c[nH]c2ccccc12)NC(=O)[C@H](Cc1ccccc1)NC(=O)[C@H](CCC(=O)O)NC(=O)[C@H](CC(C)C)NC(=O)[C@H](CC(=O)O)NC(=O)[C@H](CC(=O)O)NC(=O)[C@H](CO)NC(=O)[C@@H]1CCCN1C(=O)[C@H](CC(C)C)NC(C)=O)C(C)C)C(=O)N[C@@H](Cc1ccc(O)cc1)C(N)=O. The molecule has 0 saturated carbocycles. The van der Waals surface area contributed by atoms with Crippen LogP contribution in [0.15, 0.2) is 97.6 Å². The zero-order valence-corrected chi connectivity index (χ0v) is 72.7. The molecule has 0 aliphatic carbocycles. The van der Waals surface area contributed by atoms with Crippen LogP contribution in [0.4, 0.5) is 0 Å². The number of aliphatic hydroxyl groups is 1. The Labute approximate surface area is 735 Å². The van der Waals surface area contributed by atoms with Crippen LogP contribution in [-0.2, 0) is 112 Å². The molecule has 41 nitrogen and oxygen atoms in total. The molecule has 1 aliphatic heterocycles. The molecule has 2 aromatic heterocycles. The number of phenols is 1. The summed E-state index contributed by atoms with van der Waals surface area (Å²) in [5.74, 6) is -21.4. The topological polar surface area (TPSA) is 639 Å². The second kappa shape index (κ2) is 50.3. The zero-order chi connectivity index (χ0) is 93.2. The van der Waals surface area contributed by atoms with Gasteiger partial charge in [0.1, 0.15) is 90.3 Å². The number of aromatic nitrogens is 3. The lowest BCUT2D eigenvalue weighted by atomic mass is 10.00. The number of carboxylic acids is 3. The molecule has 126 heavy (non-hydrogen) atoms. The highest BCUT2D eigenvalue weighted by Crippen LogP contribution is 2.24. The number of likely N-dealkylation sites (tertiary alicyclic amines) is 1. The van der Waals surface area contributed by atoms with Crippen molar-refractivity contribution in [3.05, 3.63) is 120 Å². The van der Waals surface area contributed by atoms with Gasteiger partial charge in [-0.1, -0.05) is 102 Å². The van der Waals surface area contributed by atoms with Crippen LogP contribution in [0.3, 0.4) is 0 Å². The number of aromatic hydroxyl groups is 1. The van der Waals surface area contributed by atoms with E-state index in [9.17, 15) is 102 Å². The molecule has 3 heterocycles. The summed E-state index contributed by atoms with van der Waals surface area (Å²) in [6.07, 6.45) is 1.42. The van der Waals surface area contributed by atoms with Crippen LogP contribution >= 0.6 is 24.4 Å². The first-order chi connectivity index (χ1) is 59.7. The summed E-state index contributed by atoms with van der Waals surface area (Å²) in [6.45, 7) is 10.2. The van der Waals surface area contributed by atoms with Crippen molar-refractivity contribution in [1.29, 1.82) is 0 Å². The average Bonchev–Trinajstić information content (AvgIpc) is 1.67. The Hall–Kier alpha value is -12.7. The number of aliphatic carboxylic acids is 3. The van der Waals surface area contributed by atoms with Crippen LogP contribution in [-0.4, -0.2) is 267 Å². The van der Waals surface area contributed by atoms with E-state index in [1.165, 1.54) is 48.2 Å². The number of hydrogen-bond acceptors (Lipinski definition) is 23. The van der Waals surface area contributed by atoms with Crippen molar-refractivity contribution in [3.63, 3.8) is 0 Å². The molecule has 6 rings (SSSR count). The minimum absolute atomic E-state index is 0.0341. The lowest BCUT2D eigenvalue weighted by Gasteiger charge is -2.30. The van der Waals surface area contributed by atoms with Gasteiger partial charge in [0.2, 0.25) is 88.6 Å². The van der Waals surface area contributed by atoms with E-state index >= 15 is 9.59 Å². The molecule has 3 aromatic carbocycles. The minimum atomic E-state index is -2.18. The number of aromatic amines is 2. The van der Waals surface area contributed by atoms with Crippen molar-refractivity contribution in [2.45, 2.75) is 217 Å². The number of nitrogens with zero attached hydrogens (tertiary/aromatic N) is 2. The van der Waals surface area contributed by atoms with E-state index in [-0.39, 0.29) is 69.6 Å². The predicted molar refractivity (Wildman–Crippen MR) is 460 cm³/mol. The Bertz CT molecular complexity index is 4630. The summed E-state index contributed by atoms with van der Waals surface area (Å²) >= 11 is 5.78. The molecule has 0 radical (unpaired) electrons. The van der Waals surface area contributed by atoms with Gasteiger partial charge in [0.25, 0.3) is 0 Å². The number of nitrogens with one attached hydrogen (secondary N) is 15. The molecular formula is C83H114N18O23S2. The van der Waals surface area contributed by atoms with Crippen molar-refractivity contribution < 1.29 is 112 Å². The van der Waals surface area contributed by atoms with E-state index in [2.05, 4.69) is 96.7 Å². The van der Waals surface area contributed by atoms with Gasteiger partial charge in [0, 0.05) is 80.3 Å². The number of carbonyl (C=O) groups excluding carboxylic acids is 15. The Morgan fingerprint density at radius 3 is 1.52 bits per heavy atom. The minimum Gasteiger partial charge on any atom is -0.508 e. The Morgan fingerprint density at radius 1 is 0.508 bits per heavy atom. The molecule has 22 N–H and O–H groups in total. The van der Waals surface area contributed by atoms with Crippen LogP contribution in [0, 0.1) is 17.8 Å². The molecule has 1 saturated heterocycles. The number of H-pyrrole nitrogens is 2. The first-order valence-corrected chi connectivity index (χ1v) is 42.9. The lowest BCUT2D eigenvalue weighted by molar-refractivity contribution is -0.144. The summed E-state index contributed by atoms with van der Waals surface area (Å²) in [7, 11) is 0. The van der Waals surface area contributed by atoms with Crippen LogP contribution in [0.25, 0.3) is 10.9 Å². The number of phenolic OH excluding ortho intramolecular Hbond substituents is 1. The maximum absolute atomic E-state index is 15.2. The number of fused-ring (bicyclic) bond motifs is 1. The van der Waals surface area contributed by atoms with Gasteiger partial charge in [0.15, 0.2) is 0 Å². The van der Waals surface area contributed by atoms with Gasteiger partial charge in [-0.15, -0.1) is 0 Å². The lowest BCUT2D eigenvalue weighted by Crippen LogP contribution is -2.62. The standard InChI is InChI=1S/C83H114N18O23S2/c1-42(2)29-56(92-76(117)60(35-67(107)108)96-77(118)61(36-68(109)110)97-79(120)63(39-102)98-81(122)65-19-14-27-101(65)83(124)62(30-43(3)4)88-45(7)103)73(114)89-53(24-25-66(105)106)71(112)93-57(32-46-15-10-9-11-16-46)74(115)94-58(33-48-37-86-52-18-13-12-17-51(48)52)75(116)99-64(40-125)80(121)95-59(34-49-38-85-41-87-49)78(119)100-69(44(5)6)82(123)90-54(26-28-126-8)72(113)91-55(70(84)111)31-47-20-22-50(104)23-21-47/h9-13,15-18,20-23,37-38,41-44,53-65,69,86,102,104,125H,14,19,24-36,39-40H2,1-8H3,(H2,84,111)(H,85,87)(H,88,103)(H,89,114)(H,90,123)(H,91,113)(H,92,117)(H,93,112)(H,94,115)(H,95,121)(H,96,118)(H,97,120)(H,98,122)(H,99,116)(H,100,119)(H,105,106)(H,107,108)(H,109,110)/t53-,54-,55-,56-,57-,58-,59-,60-,61-,62-,63-,64-,65-,69-/m0/s1. The van der Waals surface area contributed by atoms with Gasteiger partial charge >= 0.3 is 17.9 Å². The number of nitrogens with two attached hydrogens (primary N) is 1. The predicted octanol–water partition coefficient (Wildman–Crippen LogP) is -2.10. The Balaban J connectivity index is 1.23. The van der Waals surface area contributed by atoms with Crippen LogP contribution in [0.5, 0.6) is 5.75 Å². The van der Waals surface area contributed by atoms with E-state index in [1.54, 1.807) is 107 Å². The third-order valence-corrected chi connectivity index (χ3v) is 21.3. The number of primary amides is 1. The Morgan fingerprint density at radius 2 is 0.976 bits per heavy atom. The fourth-order valence-electron chi connectivity index (χ4n) is 13.8. The second-order valence-electron chi connectivity index (χ2n) is 31.7. The number of hydrogen-bond donors (Lipinski definition) is 22. The zero-order valence-electron chi connectivity index (χ0n) is 71.0. The highest BCUT2D eigenvalue weighted by molar-refractivity contribution is 7.98. The van der Waals surface area contributed by atoms with Crippen LogP contribution in [0.2, 0.25) is 0 Å². The number of rotatable bonds is 52. The molecule has 43 heteroatoms. The van der Waals surface area contributed by atoms with Gasteiger partial charge in [-0.05, 0) is 103 Å². The third kappa shape index (κ3) is 32.8. The van der Waals surface area contributed by atoms with Crippen LogP contribution < -0.4 is 74.9 Å². The first kappa shape index (κ1) is 102. The number of carbonyl (C=O) groups is 18. The van der Waals surface area contributed by atoms with E-state index in [1.807, 2.05) is 13.8 Å². The van der Waals surface area contributed by atoms with Crippen molar-refractivity contribution in [3.8, 4) is 5.75 Å². The number of aliphatic hydroxyl groups excluding tert-OH is 1. The van der Waals surface area contributed by atoms with Crippen molar-refractivity contribution in [1.82, 2.24) is 89.0 Å². The molecule has 5 aromatic rings. The Kier molecular flexibility index (Phi) is 40.8. The van der Waals surface area contributed by atoms with Gasteiger partial charge in [-0.3, -0.25) is 86.3 Å². The first-order valence-electron chi connectivity index (χ1n) is 40.9. The highest BCUT2D eigenvalue weighted by atomic mass is 32.2. The van der Waals surface area contributed by atoms with Crippen molar-refractivity contribution in [2.75, 3.05) is 30.9 Å². The van der Waals surface area contributed by atoms with Gasteiger partial charge in [-0.25, -0.2) is 4.98 Å². The van der Waals surface area contributed by atoms with E-state index in [0.29, 0.717) is 45.5 Å². The molecule has 1 fully saturated rings. The maximum Gasteiger partial charge on any atom is 0.305 e. The second-order valence-corrected chi connectivity index (χ2v) is 33.0. The molecule has 0 unspecified atom stereocenters. The molecule has 14 atom stereocenters. The normalized spacial score (nSPS) is 15.6. The smallest absolute Gasteiger partial charge is 0.305 e. The molecule has 1 aliphatic rings. The summed E-state index contributed by atoms with van der Waals surface area (Å²) in [5.41, 5.74) is 8.06. The van der Waals surface area contributed by atoms with E-state index in [4.69, 9.17) is 5.73 Å². The van der Waals surface area contributed by atoms with E-state index < -0.39 is 241 Å². The van der Waals surface area contributed by atoms with Gasteiger partial charge < -0.3 is 115 Å². The van der Waals surface area contributed by atoms with Crippen molar-refractivity contribution >= 4 is 142 Å². The van der Waals surface area contributed by atoms with E-state index in [0.717, 1.165) is 0 Å². The van der Waals surface area contributed by atoms with Crippen molar-refractivity contribution in [2.24, 2.45) is 23.5 Å². The number of carboxylic acid groups (broad SMARTS) is 3. The monoisotopic (exact) mass is 1790 g/mol. The number of thioether (sulfide) groups is 1. The number of imidazole rings is 1. The number of para-hydroxylation sites is 1. The summed E-state index contributed by atoms with van der Waals surface area (Å²) in [5, 5.41) is 83.0. The third-order valence-electron chi connectivity index (χ3n) is 20.3. The highest BCUT2D eigenvalue weighted by Gasteiger charge is 2.42. The molecule has 686 valence electrons. The summed E-state index contributed by atoms with van der Waals surface area (Å²) in [6, 6.07) is -1.65. The summed E-state index contributed by atoms with van der Waals surface area (Å²) < 4.78 is 0. The largest absolute Gasteiger partial charge is 0.508 e. The maximum atomic E-state index is 15.2. The quantitative estimate of drug-likeness (QED) is 0.0186. The van der Waals surface area contributed by atoms with Gasteiger partial charge in [0.05, 0.1) is 25.8 Å². The number of benzene rings is 3. The fraction of sp³-hybridized carbons (Fsp3) is 0.506. The number of amides is 15. The van der Waals surface area contributed by atoms with Crippen LogP contribution in [0.1, 0.15) is 129 Å². The van der Waals surface area contributed by atoms with Gasteiger partial charge in [-0.2, -0.15) is 24.4 Å². The molecule has 15 amide bonds.